The first-order valence-electron chi connectivity index (χ1n) is 7.42. The fourth-order valence-corrected chi connectivity index (χ4v) is 2.99. The predicted octanol–water partition coefficient (Wildman–Crippen LogP) is 1.80. The molecule has 0 aromatic carbocycles. The Labute approximate surface area is 131 Å². The zero-order valence-electron chi connectivity index (χ0n) is 12.7. The molecule has 1 amide bonds. The molecule has 1 aliphatic heterocycles. The zero-order chi connectivity index (χ0) is 15.4. The van der Waals surface area contributed by atoms with Gasteiger partial charge >= 0.3 is 0 Å². The van der Waals surface area contributed by atoms with Crippen LogP contribution >= 0.6 is 12.2 Å². The van der Waals surface area contributed by atoms with Crippen molar-refractivity contribution < 1.29 is 9.21 Å². The summed E-state index contributed by atoms with van der Waals surface area (Å²) in [5.74, 6) is 1.14. The number of carbonyl (C=O) groups is 1. The quantitative estimate of drug-likeness (QED) is 0.840. The van der Waals surface area contributed by atoms with Crippen molar-refractivity contribution in [3.8, 4) is 0 Å². The Bertz CT molecular complexity index is 507. The van der Waals surface area contributed by atoms with Gasteiger partial charge in [-0.3, -0.25) is 9.69 Å². The number of nitrogens with two attached hydrogens (primary N) is 1. The van der Waals surface area contributed by atoms with E-state index >= 15 is 0 Å². The van der Waals surface area contributed by atoms with E-state index in [4.69, 9.17) is 22.4 Å². The third kappa shape index (κ3) is 3.83. The molecule has 2 N–H and O–H groups in total. The van der Waals surface area contributed by atoms with Crippen molar-refractivity contribution in [1.29, 1.82) is 0 Å². The molecule has 1 aromatic heterocycles. The SMILES string of the molecule is CCCC(C(N)=S)N1CCN(C(=O)c2ccc(C)o2)CC1. The minimum atomic E-state index is -0.0369. The number of hydrogen-bond acceptors (Lipinski definition) is 4. The molecule has 0 aliphatic carbocycles. The van der Waals surface area contributed by atoms with Crippen LogP contribution in [0.5, 0.6) is 0 Å². The second kappa shape index (κ2) is 7.04. The summed E-state index contributed by atoms with van der Waals surface area (Å²) in [4.78, 5) is 17.0. The highest BCUT2D eigenvalue weighted by Crippen LogP contribution is 2.15. The van der Waals surface area contributed by atoms with Crippen LogP contribution in [0.15, 0.2) is 16.5 Å². The summed E-state index contributed by atoms with van der Waals surface area (Å²) in [6.07, 6.45) is 2.02. The van der Waals surface area contributed by atoms with E-state index in [1.54, 1.807) is 6.07 Å². The van der Waals surface area contributed by atoms with Gasteiger partial charge in [0.1, 0.15) is 5.76 Å². The molecule has 0 spiro atoms. The molecule has 1 unspecified atom stereocenters. The Morgan fingerprint density at radius 3 is 2.52 bits per heavy atom. The molecule has 0 radical (unpaired) electrons. The highest BCUT2D eigenvalue weighted by molar-refractivity contribution is 7.80. The first-order chi connectivity index (χ1) is 10.0. The second-order valence-electron chi connectivity index (χ2n) is 5.45. The maximum atomic E-state index is 12.3. The summed E-state index contributed by atoms with van der Waals surface area (Å²) in [6, 6.07) is 3.69. The molecule has 2 heterocycles. The fourth-order valence-electron chi connectivity index (χ4n) is 2.72. The topological polar surface area (TPSA) is 62.7 Å². The molecule has 1 saturated heterocycles. The third-order valence-electron chi connectivity index (χ3n) is 3.88. The molecule has 0 saturated carbocycles. The van der Waals surface area contributed by atoms with Crippen LogP contribution in [0.2, 0.25) is 0 Å². The maximum Gasteiger partial charge on any atom is 0.289 e. The lowest BCUT2D eigenvalue weighted by molar-refractivity contribution is 0.0577. The average molecular weight is 309 g/mol. The van der Waals surface area contributed by atoms with Crippen molar-refractivity contribution in [2.75, 3.05) is 26.2 Å². The summed E-state index contributed by atoms with van der Waals surface area (Å²) in [5.41, 5.74) is 5.84. The van der Waals surface area contributed by atoms with Crippen molar-refractivity contribution in [3.05, 3.63) is 23.7 Å². The van der Waals surface area contributed by atoms with Crippen LogP contribution in [0.25, 0.3) is 0 Å². The van der Waals surface area contributed by atoms with Crippen LogP contribution in [0.1, 0.15) is 36.1 Å². The molecular weight excluding hydrogens is 286 g/mol. The number of rotatable bonds is 5. The second-order valence-corrected chi connectivity index (χ2v) is 5.92. The number of furan rings is 1. The summed E-state index contributed by atoms with van der Waals surface area (Å²) < 4.78 is 5.40. The average Bonchev–Trinajstić information content (AvgIpc) is 2.90. The first-order valence-corrected chi connectivity index (χ1v) is 7.82. The standard InChI is InChI=1S/C15H23N3O2S/c1-3-4-12(14(16)21)17-7-9-18(10-8-17)15(19)13-6-5-11(2)20-13/h5-6,12H,3-4,7-10H2,1-2H3,(H2,16,21). The van der Waals surface area contributed by atoms with Crippen molar-refractivity contribution >= 4 is 23.1 Å². The molecule has 1 aromatic rings. The van der Waals surface area contributed by atoms with Crippen molar-refractivity contribution in [2.45, 2.75) is 32.7 Å². The molecule has 116 valence electrons. The van der Waals surface area contributed by atoms with E-state index in [0.717, 1.165) is 31.7 Å². The lowest BCUT2D eigenvalue weighted by atomic mass is 10.1. The van der Waals surface area contributed by atoms with Gasteiger partial charge in [-0.1, -0.05) is 25.6 Å². The Kier molecular flexibility index (Phi) is 5.36. The van der Waals surface area contributed by atoms with Gasteiger partial charge in [0.15, 0.2) is 5.76 Å². The molecule has 1 atom stereocenters. The number of nitrogens with zero attached hydrogens (tertiary/aromatic N) is 2. The summed E-state index contributed by atoms with van der Waals surface area (Å²) in [6.45, 7) is 6.93. The summed E-state index contributed by atoms with van der Waals surface area (Å²) >= 11 is 5.16. The van der Waals surface area contributed by atoms with E-state index in [1.807, 2.05) is 17.9 Å². The Balaban J connectivity index is 1.93. The van der Waals surface area contributed by atoms with Crippen molar-refractivity contribution in [3.63, 3.8) is 0 Å². The summed E-state index contributed by atoms with van der Waals surface area (Å²) in [7, 11) is 0. The molecule has 2 rings (SSSR count). The zero-order valence-corrected chi connectivity index (χ0v) is 13.5. The molecule has 5 nitrogen and oxygen atoms in total. The van der Waals surface area contributed by atoms with Crippen molar-refractivity contribution in [2.24, 2.45) is 5.73 Å². The van der Waals surface area contributed by atoms with Gasteiger partial charge in [0.25, 0.3) is 5.91 Å². The molecule has 21 heavy (non-hydrogen) atoms. The minimum absolute atomic E-state index is 0.0369. The monoisotopic (exact) mass is 309 g/mol. The van der Waals surface area contributed by atoms with Crippen LogP contribution in [-0.2, 0) is 0 Å². The molecule has 0 bridgehead atoms. The molecule has 6 heteroatoms. The lowest BCUT2D eigenvalue weighted by Crippen LogP contribution is -2.54. The van der Waals surface area contributed by atoms with Crippen LogP contribution in [0.3, 0.4) is 0 Å². The number of hydrogen-bond donors (Lipinski definition) is 1. The van der Waals surface area contributed by atoms with Gasteiger partial charge in [0.2, 0.25) is 0 Å². The van der Waals surface area contributed by atoms with E-state index < -0.39 is 0 Å². The number of piperazine rings is 1. The highest BCUT2D eigenvalue weighted by atomic mass is 32.1. The number of aryl methyl sites for hydroxylation is 1. The molecule has 1 aliphatic rings. The van der Waals surface area contributed by atoms with Crippen LogP contribution in [0.4, 0.5) is 0 Å². The van der Waals surface area contributed by atoms with Gasteiger partial charge < -0.3 is 15.1 Å². The normalized spacial score (nSPS) is 17.7. The first kappa shape index (κ1) is 16.0. The van der Waals surface area contributed by atoms with Gasteiger partial charge in [0, 0.05) is 26.2 Å². The van der Waals surface area contributed by atoms with Crippen molar-refractivity contribution in [1.82, 2.24) is 9.80 Å². The Hall–Kier alpha value is -1.40. The smallest absolute Gasteiger partial charge is 0.289 e. The number of carbonyl (C=O) groups excluding carboxylic acids is 1. The number of thiocarbonyl (C=S) groups is 1. The third-order valence-corrected chi connectivity index (χ3v) is 4.16. The molecule has 1 fully saturated rings. The predicted molar refractivity (Wildman–Crippen MR) is 86.4 cm³/mol. The van der Waals surface area contributed by atoms with Gasteiger partial charge in [0.05, 0.1) is 11.0 Å². The minimum Gasteiger partial charge on any atom is -0.456 e. The van der Waals surface area contributed by atoms with Gasteiger partial charge in [-0.2, -0.15) is 0 Å². The number of amides is 1. The van der Waals surface area contributed by atoms with Crippen LogP contribution in [0, 0.1) is 6.92 Å². The van der Waals surface area contributed by atoms with Gasteiger partial charge in [-0.25, -0.2) is 0 Å². The van der Waals surface area contributed by atoms with Gasteiger partial charge in [-0.05, 0) is 25.5 Å². The van der Waals surface area contributed by atoms with E-state index in [2.05, 4.69) is 11.8 Å². The van der Waals surface area contributed by atoms with E-state index in [1.165, 1.54) is 0 Å². The largest absolute Gasteiger partial charge is 0.456 e. The maximum absolute atomic E-state index is 12.3. The lowest BCUT2D eigenvalue weighted by Gasteiger charge is -2.38. The summed E-state index contributed by atoms with van der Waals surface area (Å²) in [5, 5.41) is 0. The van der Waals surface area contributed by atoms with Crippen LogP contribution < -0.4 is 5.73 Å². The van der Waals surface area contributed by atoms with E-state index in [0.29, 0.717) is 23.8 Å². The molecular formula is C15H23N3O2S. The van der Waals surface area contributed by atoms with E-state index in [9.17, 15) is 4.79 Å². The Morgan fingerprint density at radius 1 is 1.38 bits per heavy atom. The fraction of sp³-hybridized carbons (Fsp3) is 0.600. The van der Waals surface area contributed by atoms with Gasteiger partial charge in [-0.15, -0.1) is 0 Å². The Morgan fingerprint density at radius 2 is 2.05 bits per heavy atom. The van der Waals surface area contributed by atoms with Crippen LogP contribution in [-0.4, -0.2) is 52.9 Å². The van der Waals surface area contributed by atoms with E-state index in [-0.39, 0.29) is 11.9 Å². The highest BCUT2D eigenvalue weighted by Gasteiger charge is 2.28.